The van der Waals surface area contributed by atoms with Gasteiger partial charge in [0.25, 0.3) is 0 Å². The second kappa shape index (κ2) is 6.41. The maximum Gasteiger partial charge on any atom is 0.319 e. The van der Waals surface area contributed by atoms with Gasteiger partial charge in [-0.2, -0.15) is 0 Å². The number of nitrogens with one attached hydrogen (secondary N) is 2. The lowest BCUT2D eigenvalue weighted by Crippen LogP contribution is -2.35. The number of benzene rings is 1. The molecule has 0 radical (unpaired) electrons. The van der Waals surface area contributed by atoms with Crippen LogP contribution in [0.15, 0.2) is 24.3 Å². The molecule has 5 nitrogen and oxygen atoms in total. The van der Waals surface area contributed by atoms with Crippen LogP contribution in [0, 0.1) is 0 Å². The van der Waals surface area contributed by atoms with E-state index in [-0.39, 0.29) is 12.1 Å². The van der Waals surface area contributed by atoms with Crippen molar-refractivity contribution in [2.75, 3.05) is 5.32 Å². The fraction of sp³-hybridized carbons (Fsp3) is 0.467. The number of anilines is 1. The van der Waals surface area contributed by atoms with E-state index in [1.165, 1.54) is 0 Å². The summed E-state index contributed by atoms with van der Waals surface area (Å²) in [5, 5.41) is 14.7. The van der Waals surface area contributed by atoms with Crippen molar-refractivity contribution in [1.29, 1.82) is 0 Å². The van der Waals surface area contributed by atoms with Gasteiger partial charge in [-0.25, -0.2) is 4.79 Å². The highest BCUT2D eigenvalue weighted by atomic mass is 16.4. The van der Waals surface area contributed by atoms with Gasteiger partial charge in [0.2, 0.25) is 0 Å². The summed E-state index contributed by atoms with van der Waals surface area (Å²) in [6.07, 6.45) is 0.860. The first-order valence-electron chi connectivity index (χ1n) is 6.68. The van der Waals surface area contributed by atoms with Crippen molar-refractivity contribution in [3.05, 3.63) is 29.8 Å². The lowest BCUT2D eigenvalue weighted by molar-refractivity contribution is -0.142. The van der Waals surface area contributed by atoms with Crippen LogP contribution in [-0.4, -0.2) is 23.1 Å². The molecule has 0 aliphatic rings. The molecule has 1 aromatic carbocycles. The van der Waals surface area contributed by atoms with E-state index >= 15 is 0 Å². The molecule has 1 rings (SSSR count). The molecule has 0 aromatic heterocycles. The Morgan fingerprint density at radius 3 is 2.25 bits per heavy atom. The summed E-state index contributed by atoms with van der Waals surface area (Å²) < 4.78 is 0. The first kappa shape index (κ1) is 16.0. The Morgan fingerprint density at radius 1 is 1.25 bits per heavy atom. The predicted octanol–water partition coefficient (Wildman–Crippen LogP) is 2.97. The van der Waals surface area contributed by atoms with Gasteiger partial charge in [-0.1, -0.05) is 19.1 Å². The molecular formula is C15H22N2O3. The molecule has 1 unspecified atom stereocenters. The van der Waals surface area contributed by atoms with Crippen LogP contribution < -0.4 is 10.6 Å². The topological polar surface area (TPSA) is 78.4 Å². The summed E-state index contributed by atoms with van der Waals surface area (Å²) >= 11 is 0. The standard InChI is InChI=1S/C15H22N2O3/c1-5-10(2)16-14(20)17-12-8-6-11(7-9-12)15(3,4)13(18)19/h6-10H,5H2,1-4H3,(H,18,19)(H2,16,17,20). The molecule has 0 aliphatic heterocycles. The molecule has 0 bridgehead atoms. The van der Waals surface area contributed by atoms with E-state index in [0.29, 0.717) is 11.3 Å². The summed E-state index contributed by atoms with van der Waals surface area (Å²) in [5.74, 6) is -0.882. The zero-order valence-electron chi connectivity index (χ0n) is 12.4. The highest BCUT2D eigenvalue weighted by molar-refractivity contribution is 5.89. The van der Waals surface area contributed by atoms with E-state index in [0.717, 1.165) is 6.42 Å². The minimum atomic E-state index is -0.947. The van der Waals surface area contributed by atoms with Crippen LogP contribution >= 0.6 is 0 Å². The first-order valence-corrected chi connectivity index (χ1v) is 6.68. The molecule has 2 amide bonds. The number of carboxylic acid groups (broad SMARTS) is 1. The lowest BCUT2D eigenvalue weighted by Gasteiger charge is -2.20. The van der Waals surface area contributed by atoms with Crippen LogP contribution in [0.4, 0.5) is 10.5 Å². The molecular weight excluding hydrogens is 256 g/mol. The van der Waals surface area contributed by atoms with Gasteiger partial charge in [0.1, 0.15) is 0 Å². The molecule has 20 heavy (non-hydrogen) atoms. The summed E-state index contributed by atoms with van der Waals surface area (Å²) in [4.78, 5) is 22.8. The number of urea groups is 1. The van der Waals surface area contributed by atoms with Crippen LogP contribution in [0.5, 0.6) is 0 Å². The van der Waals surface area contributed by atoms with Gasteiger partial charge in [0.15, 0.2) is 0 Å². The number of carboxylic acids is 1. The molecule has 3 N–H and O–H groups in total. The summed E-state index contributed by atoms with van der Waals surface area (Å²) in [6, 6.07) is 6.69. The van der Waals surface area contributed by atoms with Gasteiger partial charge in [0.05, 0.1) is 5.41 Å². The molecule has 1 atom stereocenters. The van der Waals surface area contributed by atoms with E-state index in [2.05, 4.69) is 10.6 Å². The van der Waals surface area contributed by atoms with Crippen molar-refractivity contribution >= 4 is 17.7 Å². The number of carbonyl (C=O) groups is 2. The van der Waals surface area contributed by atoms with E-state index in [1.54, 1.807) is 38.1 Å². The number of hydrogen-bond donors (Lipinski definition) is 3. The minimum Gasteiger partial charge on any atom is -0.481 e. The van der Waals surface area contributed by atoms with Crippen molar-refractivity contribution in [2.24, 2.45) is 0 Å². The zero-order valence-corrected chi connectivity index (χ0v) is 12.4. The Morgan fingerprint density at radius 2 is 1.80 bits per heavy atom. The Bertz CT molecular complexity index is 480. The molecule has 0 heterocycles. The fourth-order valence-electron chi connectivity index (χ4n) is 1.59. The summed E-state index contributed by atoms with van der Waals surface area (Å²) in [7, 11) is 0. The van der Waals surface area contributed by atoms with Gasteiger partial charge in [-0.3, -0.25) is 4.79 Å². The average molecular weight is 278 g/mol. The number of rotatable bonds is 5. The SMILES string of the molecule is CCC(C)NC(=O)Nc1ccc(C(C)(C)C(=O)O)cc1. The molecule has 0 fully saturated rings. The quantitative estimate of drug-likeness (QED) is 0.774. The highest BCUT2D eigenvalue weighted by Crippen LogP contribution is 2.24. The Hall–Kier alpha value is -2.04. The lowest BCUT2D eigenvalue weighted by atomic mass is 9.85. The van der Waals surface area contributed by atoms with E-state index in [9.17, 15) is 9.59 Å². The average Bonchev–Trinajstić information content (AvgIpc) is 2.38. The van der Waals surface area contributed by atoms with E-state index < -0.39 is 11.4 Å². The number of carbonyl (C=O) groups excluding carboxylic acids is 1. The highest BCUT2D eigenvalue weighted by Gasteiger charge is 2.29. The minimum absolute atomic E-state index is 0.111. The monoisotopic (exact) mass is 278 g/mol. The molecule has 0 saturated heterocycles. The zero-order chi connectivity index (χ0) is 15.3. The van der Waals surface area contributed by atoms with Crippen molar-refractivity contribution < 1.29 is 14.7 Å². The first-order chi connectivity index (χ1) is 9.27. The molecule has 5 heteroatoms. The van der Waals surface area contributed by atoms with Crippen molar-refractivity contribution in [1.82, 2.24) is 5.32 Å². The van der Waals surface area contributed by atoms with Crippen LogP contribution in [0.2, 0.25) is 0 Å². The third kappa shape index (κ3) is 3.98. The summed E-state index contributed by atoms with van der Waals surface area (Å²) in [5.41, 5.74) is 0.381. The summed E-state index contributed by atoms with van der Waals surface area (Å²) in [6.45, 7) is 7.21. The van der Waals surface area contributed by atoms with Crippen molar-refractivity contribution in [2.45, 2.75) is 45.6 Å². The van der Waals surface area contributed by atoms with E-state index in [1.807, 2.05) is 13.8 Å². The number of amides is 2. The largest absolute Gasteiger partial charge is 0.481 e. The second-order valence-corrected chi connectivity index (χ2v) is 5.42. The number of hydrogen-bond acceptors (Lipinski definition) is 2. The van der Waals surface area contributed by atoms with Crippen LogP contribution in [0.1, 0.15) is 39.7 Å². The Balaban J connectivity index is 2.73. The van der Waals surface area contributed by atoms with Crippen LogP contribution in [0.25, 0.3) is 0 Å². The third-order valence-corrected chi connectivity index (χ3v) is 3.39. The van der Waals surface area contributed by atoms with Gasteiger partial charge in [-0.05, 0) is 44.9 Å². The maximum absolute atomic E-state index is 11.7. The number of aliphatic carboxylic acids is 1. The second-order valence-electron chi connectivity index (χ2n) is 5.42. The van der Waals surface area contributed by atoms with Gasteiger partial charge in [-0.15, -0.1) is 0 Å². The fourth-order valence-corrected chi connectivity index (χ4v) is 1.59. The normalized spacial score (nSPS) is 12.6. The molecule has 1 aromatic rings. The Labute approximate surface area is 119 Å². The van der Waals surface area contributed by atoms with Crippen LogP contribution in [0.3, 0.4) is 0 Å². The van der Waals surface area contributed by atoms with Gasteiger partial charge in [0, 0.05) is 11.7 Å². The van der Waals surface area contributed by atoms with Crippen molar-refractivity contribution in [3.8, 4) is 0 Å². The van der Waals surface area contributed by atoms with Gasteiger partial charge >= 0.3 is 12.0 Å². The molecule has 0 spiro atoms. The van der Waals surface area contributed by atoms with E-state index in [4.69, 9.17) is 5.11 Å². The maximum atomic E-state index is 11.7. The third-order valence-electron chi connectivity index (χ3n) is 3.39. The molecule has 0 aliphatic carbocycles. The van der Waals surface area contributed by atoms with Crippen LogP contribution in [-0.2, 0) is 10.2 Å². The van der Waals surface area contributed by atoms with Crippen molar-refractivity contribution in [3.63, 3.8) is 0 Å². The predicted molar refractivity (Wildman–Crippen MR) is 79.0 cm³/mol. The molecule has 0 saturated carbocycles. The molecule has 110 valence electrons. The van der Waals surface area contributed by atoms with Gasteiger partial charge < -0.3 is 15.7 Å². The smallest absolute Gasteiger partial charge is 0.319 e. The Kier molecular flexibility index (Phi) is 5.13.